The topological polar surface area (TPSA) is 29.0 Å². The van der Waals surface area contributed by atoms with Gasteiger partial charge in [0.05, 0.1) is 6.54 Å². The summed E-state index contributed by atoms with van der Waals surface area (Å²) in [5.74, 6) is 0. The molecule has 0 spiro atoms. The highest BCUT2D eigenvalue weighted by atomic mass is 35.5. The van der Waals surface area contributed by atoms with Crippen molar-refractivity contribution in [2.45, 2.75) is 20.4 Å². The number of hydrogen-bond acceptors (Lipinski definition) is 1. The molecular formula is C15H18ClN3S. The van der Waals surface area contributed by atoms with E-state index in [1.54, 1.807) is 0 Å². The van der Waals surface area contributed by atoms with Crippen molar-refractivity contribution in [2.24, 2.45) is 7.05 Å². The quantitative estimate of drug-likeness (QED) is 0.846. The second-order valence-electron chi connectivity index (χ2n) is 4.80. The Balaban J connectivity index is 1.92. The third-order valence-corrected chi connectivity index (χ3v) is 3.99. The van der Waals surface area contributed by atoms with Crippen molar-refractivity contribution >= 4 is 34.6 Å². The van der Waals surface area contributed by atoms with Crippen LogP contribution in [0.2, 0.25) is 5.02 Å². The zero-order valence-corrected chi connectivity index (χ0v) is 13.4. The summed E-state index contributed by atoms with van der Waals surface area (Å²) in [6, 6.07) is 9.98. The fraction of sp³-hybridized carbons (Fsp3) is 0.267. The molecule has 2 rings (SSSR count). The van der Waals surface area contributed by atoms with Crippen LogP contribution in [-0.2, 0) is 13.6 Å². The van der Waals surface area contributed by atoms with Crippen LogP contribution < -0.4 is 10.6 Å². The van der Waals surface area contributed by atoms with Crippen molar-refractivity contribution in [3.8, 4) is 0 Å². The van der Waals surface area contributed by atoms with Crippen LogP contribution in [0, 0.1) is 13.8 Å². The van der Waals surface area contributed by atoms with Gasteiger partial charge in [0.1, 0.15) is 0 Å². The molecule has 20 heavy (non-hydrogen) atoms. The number of nitrogens with one attached hydrogen (secondary N) is 2. The molecule has 0 saturated carbocycles. The van der Waals surface area contributed by atoms with Gasteiger partial charge in [0.25, 0.3) is 0 Å². The van der Waals surface area contributed by atoms with Crippen LogP contribution in [0.15, 0.2) is 30.3 Å². The number of thiocarbonyl (C=S) groups is 1. The predicted molar refractivity (Wildman–Crippen MR) is 89.4 cm³/mol. The van der Waals surface area contributed by atoms with E-state index in [1.165, 1.54) is 11.4 Å². The summed E-state index contributed by atoms with van der Waals surface area (Å²) >= 11 is 11.4. The Labute approximate surface area is 129 Å². The van der Waals surface area contributed by atoms with E-state index in [-0.39, 0.29) is 0 Å². The molecule has 5 heteroatoms. The molecule has 3 nitrogen and oxygen atoms in total. The van der Waals surface area contributed by atoms with Gasteiger partial charge in [-0.25, -0.2) is 0 Å². The first-order valence-corrected chi connectivity index (χ1v) is 7.18. The molecule has 2 N–H and O–H groups in total. The first kappa shape index (κ1) is 14.9. The summed E-state index contributed by atoms with van der Waals surface area (Å²) in [7, 11) is 2.04. The minimum atomic E-state index is 0.587. The average Bonchev–Trinajstić information content (AvgIpc) is 2.72. The van der Waals surface area contributed by atoms with Crippen molar-refractivity contribution < 1.29 is 0 Å². The Kier molecular flexibility index (Phi) is 4.68. The van der Waals surface area contributed by atoms with Gasteiger partial charge < -0.3 is 15.2 Å². The maximum atomic E-state index is 6.09. The Morgan fingerprint density at radius 1 is 1.25 bits per heavy atom. The largest absolute Gasteiger partial charge is 0.357 e. The van der Waals surface area contributed by atoms with Crippen LogP contribution in [0.4, 0.5) is 5.69 Å². The van der Waals surface area contributed by atoms with Gasteiger partial charge in [-0.05, 0) is 55.9 Å². The molecular weight excluding hydrogens is 290 g/mol. The van der Waals surface area contributed by atoms with Gasteiger partial charge >= 0.3 is 0 Å². The number of halogens is 1. The van der Waals surface area contributed by atoms with Crippen LogP contribution in [0.1, 0.15) is 17.0 Å². The molecule has 0 saturated heterocycles. The SMILES string of the molecule is Cc1ccc(NC(=S)NCc2ccc(C)n2C)cc1Cl. The second-order valence-corrected chi connectivity index (χ2v) is 5.61. The van der Waals surface area contributed by atoms with E-state index in [4.69, 9.17) is 23.8 Å². The van der Waals surface area contributed by atoms with Gasteiger partial charge in [0, 0.05) is 29.1 Å². The van der Waals surface area contributed by atoms with E-state index in [1.807, 2.05) is 32.2 Å². The van der Waals surface area contributed by atoms with Gasteiger partial charge in [-0.3, -0.25) is 0 Å². The number of anilines is 1. The molecule has 1 aromatic carbocycles. The van der Waals surface area contributed by atoms with Gasteiger partial charge in [0.2, 0.25) is 0 Å². The van der Waals surface area contributed by atoms with Crippen molar-refractivity contribution in [1.82, 2.24) is 9.88 Å². The lowest BCUT2D eigenvalue weighted by molar-refractivity contribution is 0.764. The van der Waals surface area contributed by atoms with Crippen LogP contribution in [-0.4, -0.2) is 9.68 Å². The van der Waals surface area contributed by atoms with Crippen LogP contribution >= 0.6 is 23.8 Å². The lowest BCUT2D eigenvalue weighted by Crippen LogP contribution is -2.28. The number of nitrogens with zero attached hydrogens (tertiary/aromatic N) is 1. The van der Waals surface area contributed by atoms with Crippen LogP contribution in [0.3, 0.4) is 0 Å². The molecule has 1 aromatic heterocycles. The highest BCUT2D eigenvalue weighted by Gasteiger charge is 2.03. The molecule has 0 amide bonds. The zero-order valence-electron chi connectivity index (χ0n) is 11.8. The summed E-state index contributed by atoms with van der Waals surface area (Å²) in [4.78, 5) is 0. The van der Waals surface area contributed by atoms with E-state index < -0.39 is 0 Å². The lowest BCUT2D eigenvalue weighted by atomic mass is 10.2. The molecule has 0 fully saturated rings. The fourth-order valence-electron chi connectivity index (χ4n) is 1.86. The molecule has 0 bridgehead atoms. The normalized spacial score (nSPS) is 10.4. The minimum Gasteiger partial charge on any atom is -0.357 e. The third kappa shape index (κ3) is 3.52. The molecule has 0 unspecified atom stereocenters. The Bertz CT molecular complexity index is 634. The third-order valence-electron chi connectivity index (χ3n) is 3.34. The molecule has 0 atom stereocenters. The Morgan fingerprint density at radius 3 is 2.60 bits per heavy atom. The number of rotatable bonds is 3. The molecule has 2 aromatic rings. The monoisotopic (exact) mass is 307 g/mol. The maximum Gasteiger partial charge on any atom is 0.171 e. The van der Waals surface area contributed by atoms with Crippen molar-refractivity contribution in [3.63, 3.8) is 0 Å². The number of hydrogen-bond donors (Lipinski definition) is 2. The van der Waals surface area contributed by atoms with E-state index in [0.717, 1.165) is 16.3 Å². The summed E-state index contributed by atoms with van der Waals surface area (Å²) in [6.07, 6.45) is 0. The summed E-state index contributed by atoms with van der Waals surface area (Å²) < 4.78 is 2.14. The second kappa shape index (κ2) is 6.29. The Hall–Kier alpha value is -1.52. The van der Waals surface area contributed by atoms with Gasteiger partial charge in [-0.15, -0.1) is 0 Å². The predicted octanol–water partition coefficient (Wildman–Crippen LogP) is 3.78. The summed E-state index contributed by atoms with van der Waals surface area (Å²) in [5.41, 5.74) is 4.36. The first-order chi connectivity index (χ1) is 9.47. The molecule has 0 aliphatic rings. The molecule has 0 aliphatic carbocycles. The number of benzene rings is 1. The zero-order chi connectivity index (χ0) is 14.7. The van der Waals surface area contributed by atoms with Crippen LogP contribution in [0.5, 0.6) is 0 Å². The summed E-state index contributed by atoms with van der Waals surface area (Å²) in [5, 5.41) is 7.64. The smallest absolute Gasteiger partial charge is 0.171 e. The average molecular weight is 308 g/mol. The van der Waals surface area contributed by atoms with Crippen LogP contribution in [0.25, 0.3) is 0 Å². The van der Waals surface area contributed by atoms with Crippen molar-refractivity contribution in [2.75, 3.05) is 5.32 Å². The van der Waals surface area contributed by atoms with E-state index in [9.17, 15) is 0 Å². The highest BCUT2D eigenvalue weighted by molar-refractivity contribution is 7.80. The number of aromatic nitrogens is 1. The molecule has 0 aliphatic heterocycles. The molecule has 106 valence electrons. The van der Waals surface area contributed by atoms with Crippen molar-refractivity contribution in [3.05, 3.63) is 52.3 Å². The highest BCUT2D eigenvalue weighted by Crippen LogP contribution is 2.19. The number of aryl methyl sites for hydroxylation is 2. The molecule has 0 radical (unpaired) electrons. The maximum absolute atomic E-state index is 6.09. The van der Waals surface area contributed by atoms with Gasteiger partial charge in [-0.2, -0.15) is 0 Å². The summed E-state index contributed by atoms with van der Waals surface area (Å²) in [6.45, 7) is 4.74. The first-order valence-electron chi connectivity index (χ1n) is 6.39. The van der Waals surface area contributed by atoms with Gasteiger partial charge in [0.15, 0.2) is 5.11 Å². The Morgan fingerprint density at radius 2 is 2.00 bits per heavy atom. The van der Waals surface area contributed by atoms with E-state index >= 15 is 0 Å². The minimum absolute atomic E-state index is 0.587. The van der Waals surface area contributed by atoms with E-state index in [2.05, 4.69) is 34.3 Å². The standard InChI is InChI=1S/C15H18ClN3S/c1-10-4-6-12(8-14(10)16)18-15(20)17-9-13-7-5-11(2)19(13)3/h4-8H,9H2,1-3H3,(H2,17,18,20). The van der Waals surface area contributed by atoms with Crippen molar-refractivity contribution in [1.29, 1.82) is 0 Å². The van der Waals surface area contributed by atoms with E-state index in [0.29, 0.717) is 11.7 Å². The fourth-order valence-corrected chi connectivity index (χ4v) is 2.23. The lowest BCUT2D eigenvalue weighted by Gasteiger charge is -2.12. The van der Waals surface area contributed by atoms with Gasteiger partial charge in [-0.1, -0.05) is 17.7 Å². The molecule has 1 heterocycles.